The first kappa shape index (κ1) is 21.0. The summed E-state index contributed by atoms with van der Waals surface area (Å²) < 4.78 is 0. The molecule has 0 spiro atoms. The number of hydrogen-bond acceptors (Lipinski definition) is 3. The van der Waals surface area contributed by atoms with E-state index in [1.165, 1.54) is 11.1 Å². The number of benzene rings is 1. The van der Waals surface area contributed by atoms with Crippen LogP contribution in [0.1, 0.15) is 77.2 Å². The summed E-state index contributed by atoms with van der Waals surface area (Å²) in [5.41, 5.74) is 8.77. The topological polar surface area (TPSA) is 63.3 Å². The lowest BCUT2D eigenvalue weighted by molar-refractivity contribution is -0.123. The molecule has 3 saturated carbocycles. The van der Waals surface area contributed by atoms with E-state index in [-0.39, 0.29) is 10.8 Å². The van der Waals surface area contributed by atoms with E-state index < -0.39 is 5.60 Å². The number of anilines is 1. The zero-order valence-electron chi connectivity index (χ0n) is 19.2. The lowest BCUT2D eigenvalue weighted by Crippen LogP contribution is -2.57. The average molecular weight is 420 g/mol. The number of fused-ring (bicyclic) bond motifs is 5. The summed E-state index contributed by atoms with van der Waals surface area (Å²) in [5.74, 6) is 2.29. The number of hydrogen-bond donors (Lipinski definition) is 2. The first-order chi connectivity index (χ1) is 14.7. The highest BCUT2D eigenvalue weighted by Gasteiger charge is 2.65. The van der Waals surface area contributed by atoms with Crippen LogP contribution in [0.5, 0.6) is 0 Å². The van der Waals surface area contributed by atoms with Gasteiger partial charge in [0.1, 0.15) is 0 Å². The fourth-order valence-corrected chi connectivity index (χ4v) is 8.40. The highest BCUT2D eigenvalue weighted by atomic mass is 16.3. The highest BCUT2D eigenvalue weighted by molar-refractivity contribution is 5.91. The Hall–Kier alpha value is -1.87. The Morgan fingerprint density at radius 1 is 1.10 bits per heavy atom. The van der Waals surface area contributed by atoms with Crippen molar-refractivity contribution < 1.29 is 9.90 Å². The van der Waals surface area contributed by atoms with Gasteiger partial charge in [-0.2, -0.15) is 0 Å². The summed E-state index contributed by atoms with van der Waals surface area (Å²) in [5, 5.41) is 11.8. The van der Waals surface area contributed by atoms with Crippen LogP contribution in [0.4, 0.5) is 5.69 Å². The SMILES string of the molecule is CC=C[C@]1(O)CC[C@H]2[C@@H]3CCC4=CC(=O)CC[C@]4(C)C3[C@@H](c3ccc(N)cc3)C[C@@]21C. The predicted octanol–water partition coefficient (Wildman–Crippen LogP) is 5.80. The number of carbonyl (C=O) groups excluding carboxylic acids is 1. The van der Waals surface area contributed by atoms with Crippen LogP contribution >= 0.6 is 0 Å². The number of rotatable bonds is 2. The lowest BCUT2D eigenvalue weighted by Gasteiger charge is -2.62. The minimum Gasteiger partial charge on any atom is -0.399 e. The van der Waals surface area contributed by atoms with E-state index in [9.17, 15) is 9.90 Å². The molecule has 0 aliphatic heterocycles. The Morgan fingerprint density at radius 2 is 1.84 bits per heavy atom. The van der Waals surface area contributed by atoms with Crippen LogP contribution in [0, 0.1) is 28.6 Å². The summed E-state index contributed by atoms with van der Waals surface area (Å²) in [4.78, 5) is 12.3. The third kappa shape index (κ3) is 2.92. The average Bonchev–Trinajstić information content (AvgIpc) is 2.99. The highest BCUT2D eigenvalue weighted by Crippen LogP contribution is 2.70. The van der Waals surface area contributed by atoms with Gasteiger partial charge >= 0.3 is 0 Å². The molecule has 5 rings (SSSR count). The Bertz CT molecular complexity index is 946. The third-order valence-corrected chi connectivity index (χ3v) is 9.95. The molecule has 0 heterocycles. The van der Waals surface area contributed by atoms with E-state index in [1.54, 1.807) is 0 Å². The van der Waals surface area contributed by atoms with Crippen molar-refractivity contribution in [3.8, 4) is 0 Å². The minimum atomic E-state index is -0.733. The monoisotopic (exact) mass is 419 g/mol. The van der Waals surface area contributed by atoms with Gasteiger partial charge in [-0.05, 0) is 98.3 Å². The van der Waals surface area contributed by atoms with Crippen LogP contribution in [0.3, 0.4) is 0 Å². The van der Waals surface area contributed by atoms with Crippen molar-refractivity contribution >= 4 is 11.5 Å². The molecule has 3 heteroatoms. The molecular formula is C28H37NO2. The van der Waals surface area contributed by atoms with Crippen LogP contribution in [0.25, 0.3) is 0 Å². The molecule has 31 heavy (non-hydrogen) atoms. The molecule has 4 aliphatic carbocycles. The van der Waals surface area contributed by atoms with E-state index in [2.05, 4.69) is 32.1 Å². The second kappa shape index (κ2) is 7.07. The first-order valence-electron chi connectivity index (χ1n) is 12.2. The number of carbonyl (C=O) groups is 1. The molecular weight excluding hydrogens is 382 g/mol. The molecule has 3 fully saturated rings. The summed E-state index contributed by atoms with van der Waals surface area (Å²) in [6.45, 7) is 6.81. The summed E-state index contributed by atoms with van der Waals surface area (Å²) in [7, 11) is 0. The quantitative estimate of drug-likeness (QED) is 0.470. The summed E-state index contributed by atoms with van der Waals surface area (Å²) in [6.07, 6.45) is 12.8. The molecule has 1 unspecified atom stereocenters. The van der Waals surface area contributed by atoms with Gasteiger partial charge in [0.25, 0.3) is 0 Å². The van der Waals surface area contributed by atoms with Gasteiger partial charge in [-0.3, -0.25) is 4.79 Å². The molecule has 166 valence electrons. The molecule has 1 aromatic carbocycles. The van der Waals surface area contributed by atoms with Crippen molar-refractivity contribution in [2.75, 3.05) is 5.73 Å². The Balaban J connectivity index is 1.65. The van der Waals surface area contributed by atoms with Crippen molar-refractivity contribution in [3.63, 3.8) is 0 Å². The second-order valence-electron chi connectivity index (χ2n) is 11.2. The van der Waals surface area contributed by atoms with Crippen molar-refractivity contribution in [2.24, 2.45) is 28.6 Å². The second-order valence-corrected chi connectivity index (χ2v) is 11.2. The Kier molecular flexibility index (Phi) is 4.79. The minimum absolute atomic E-state index is 0.0749. The molecule has 0 saturated heterocycles. The van der Waals surface area contributed by atoms with E-state index in [0.29, 0.717) is 35.9 Å². The van der Waals surface area contributed by atoms with Gasteiger partial charge in [-0.25, -0.2) is 0 Å². The van der Waals surface area contributed by atoms with Gasteiger partial charge in [0.05, 0.1) is 5.60 Å². The first-order valence-corrected chi connectivity index (χ1v) is 12.2. The molecule has 4 aliphatic rings. The fourth-order valence-electron chi connectivity index (χ4n) is 8.40. The van der Waals surface area contributed by atoms with Gasteiger partial charge in [0, 0.05) is 17.5 Å². The third-order valence-electron chi connectivity index (χ3n) is 9.95. The number of aliphatic hydroxyl groups is 1. The Morgan fingerprint density at radius 3 is 2.55 bits per heavy atom. The van der Waals surface area contributed by atoms with Crippen molar-refractivity contribution in [3.05, 3.63) is 53.6 Å². The van der Waals surface area contributed by atoms with Crippen LogP contribution in [0.2, 0.25) is 0 Å². The lowest BCUT2D eigenvalue weighted by atomic mass is 9.43. The van der Waals surface area contributed by atoms with Gasteiger partial charge in [0.2, 0.25) is 0 Å². The van der Waals surface area contributed by atoms with Crippen LogP contribution < -0.4 is 5.73 Å². The van der Waals surface area contributed by atoms with E-state index in [0.717, 1.165) is 44.2 Å². The van der Waals surface area contributed by atoms with Crippen LogP contribution in [-0.4, -0.2) is 16.5 Å². The standard InChI is InChI=1S/C28H37NO2/c1-4-13-28(31)15-12-24-22-10-7-19-16-21(30)11-14-26(19,2)25(22)23(17-27(24,28)3)18-5-8-20(29)9-6-18/h4-6,8-9,13,16,22-25,31H,7,10-12,14-15,17,29H2,1-3H3/t22-,23+,24-,25?,26-,27-,28-/m0/s1. The molecule has 1 aromatic rings. The normalized spacial score (nSPS) is 44.5. The fraction of sp³-hybridized carbons (Fsp3) is 0.607. The van der Waals surface area contributed by atoms with E-state index in [1.807, 2.05) is 31.2 Å². The van der Waals surface area contributed by atoms with Gasteiger partial charge in [-0.15, -0.1) is 0 Å². The molecule has 0 amide bonds. The van der Waals surface area contributed by atoms with Crippen LogP contribution in [0.15, 0.2) is 48.1 Å². The summed E-state index contributed by atoms with van der Waals surface area (Å²) in [6, 6.07) is 8.47. The number of nitrogens with two attached hydrogens (primary N) is 1. The Labute approximate surface area is 186 Å². The smallest absolute Gasteiger partial charge is 0.155 e. The number of nitrogen functional groups attached to an aromatic ring is 1. The maximum atomic E-state index is 12.3. The molecule has 7 atom stereocenters. The van der Waals surface area contributed by atoms with Crippen molar-refractivity contribution in [1.29, 1.82) is 0 Å². The molecule has 3 N–H and O–H groups in total. The predicted molar refractivity (Wildman–Crippen MR) is 125 cm³/mol. The van der Waals surface area contributed by atoms with Gasteiger partial charge in [0.15, 0.2) is 5.78 Å². The zero-order valence-corrected chi connectivity index (χ0v) is 19.2. The number of ketones is 1. The van der Waals surface area contributed by atoms with E-state index >= 15 is 0 Å². The summed E-state index contributed by atoms with van der Waals surface area (Å²) >= 11 is 0. The van der Waals surface area contributed by atoms with Crippen LogP contribution in [-0.2, 0) is 4.79 Å². The van der Waals surface area contributed by atoms with E-state index in [4.69, 9.17) is 5.73 Å². The molecule has 0 radical (unpaired) electrons. The van der Waals surface area contributed by atoms with Gasteiger partial charge in [-0.1, -0.05) is 43.7 Å². The molecule has 0 aromatic heterocycles. The number of allylic oxidation sites excluding steroid dienone is 2. The van der Waals surface area contributed by atoms with Gasteiger partial charge < -0.3 is 10.8 Å². The molecule has 3 nitrogen and oxygen atoms in total. The zero-order chi connectivity index (χ0) is 22.0. The van der Waals surface area contributed by atoms with Crippen molar-refractivity contribution in [1.82, 2.24) is 0 Å². The molecule has 0 bridgehead atoms. The van der Waals surface area contributed by atoms with Crippen molar-refractivity contribution in [2.45, 2.75) is 77.2 Å². The maximum absolute atomic E-state index is 12.3. The largest absolute Gasteiger partial charge is 0.399 e. The maximum Gasteiger partial charge on any atom is 0.155 e.